The highest BCUT2D eigenvalue weighted by molar-refractivity contribution is 5.43. The van der Waals surface area contributed by atoms with Gasteiger partial charge in [0.05, 0.1) is 0 Å². The number of hydrogen-bond donors (Lipinski definition) is 2. The van der Waals surface area contributed by atoms with Crippen LogP contribution in [0.25, 0.3) is 0 Å². The summed E-state index contributed by atoms with van der Waals surface area (Å²) in [5.74, 6) is 3.42. The predicted molar refractivity (Wildman–Crippen MR) is 142 cm³/mol. The van der Waals surface area contributed by atoms with Crippen LogP contribution in [0.2, 0.25) is 0 Å². The van der Waals surface area contributed by atoms with E-state index in [2.05, 4.69) is 31.2 Å². The quantitative estimate of drug-likeness (QED) is 0.346. The summed E-state index contributed by atoms with van der Waals surface area (Å²) in [6.45, 7) is 2.30. The van der Waals surface area contributed by atoms with Gasteiger partial charge < -0.3 is 10.2 Å². The molecule has 0 saturated heterocycles. The van der Waals surface area contributed by atoms with E-state index in [1.54, 1.807) is 0 Å². The molecule has 0 aliphatic heterocycles. The first-order valence-electron chi connectivity index (χ1n) is 14.2. The van der Waals surface area contributed by atoms with Crippen LogP contribution in [0.4, 0.5) is 0 Å². The van der Waals surface area contributed by atoms with Gasteiger partial charge >= 0.3 is 0 Å². The molecule has 34 heavy (non-hydrogen) atoms. The fraction of sp³-hybridized carbons (Fsp3) is 0.625. The maximum Gasteiger partial charge on any atom is 0.115 e. The molecular formula is C32H46O2. The molecule has 0 bridgehead atoms. The molecule has 2 heteroatoms. The summed E-state index contributed by atoms with van der Waals surface area (Å²) in [7, 11) is 0. The summed E-state index contributed by atoms with van der Waals surface area (Å²) in [5.41, 5.74) is 2.60. The molecule has 2 nitrogen and oxygen atoms in total. The highest BCUT2D eigenvalue weighted by atomic mass is 16.3. The number of hydrogen-bond acceptors (Lipinski definition) is 2. The van der Waals surface area contributed by atoms with Crippen molar-refractivity contribution >= 4 is 0 Å². The molecule has 0 aromatic heterocycles. The molecule has 0 heterocycles. The van der Waals surface area contributed by atoms with Crippen LogP contribution in [-0.4, -0.2) is 10.2 Å². The molecule has 2 fully saturated rings. The lowest BCUT2D eigenvalue weighted by atomic mass is 9.60. The second-order valence-electron chi connectivity index (χ2n) is 11.4. The largest absolute Gasteiger partial charge is 0.508 e. The van der Waals surface area contributed by atoms with Crippen molar-refractivity contribution in [2.75, 3.05) is 0 Å². The lowest BCUT2D eigenvalue weighted by Gasteiger charge is -2.44. The van der Waals surface area contributed by atoms with E-state index < -0.39 is 0 Å². The van der Waals surface area contributed by atoms with Crippen molar-refractivity contribution < 1.29 is 10.2 Å². The van der Waals surface area contributed by atoms with Gasteiger partial charge in [0.1, 0.15) is 11.5 Å². The Balaban J connectivity index is 1.32. The predicted octanol–water partition coefficient (Wildman–Crippen LogP) is 9.13. The van der Waals surface area contributed by atoms with Crippen LogP contribution in [0.3, 0.4) is 0 Å². The number of benzene rings is 2. The molecule has 0 spiro atoms. The summed E-state index contributed by atoms with van der Waals surface area (Å²) in [5, 5.41) is 19.7. The van der Waals surface area contributed by atoms with Crippen LogP contribution in [-0.2, 0) is 5.41 Å². The first-order valence-corrected chi connectivity index (χ1v) is 14.2. The van der Waals surface area contributed by atoms with Crippen molar-refractivity contribution in [2.45, 2.75) is 109 Å². The Morgan fingerprint density at radius 3 is 1.62 bits per heavy atom. The Morgan fingerprint density at radius 1 is 0.618 bits per heavy atom. The molecule has 2 saturated carbocycles. The van der Waals surface area contributed by atoms with E-state index in [4.69, 9.17) is 0 Å². The van der Waals surface area contributed by atoms with Crippen molar-refractivity contribution in [3.8, 4) is 11.5 Å². The average Bonchev–Trinajstić information content (AvgIpc) is 2.87. The Morgan fingerprint density at radius 2 is 1.09 bits per heavy atom. The van der Waals surface area contributed by atoms with Crippen molar-refractivity contribution in [3.63, 3.8) is 0 Å². The standard InChI is InChI=1S/C32H46O2/c1-2-3-4-5-6-7-8-25-9-11-26(12-10-25)27-21-23-32(24-22-27,28-13-17-30(33)18-14-28)29-15-19-31(34)20-16-29/h13-20,25-27,33-34H,2-12,21-24H2,1H3/t25-,26-. The van der Waals surface area contributed by atoms with Crippen molar-refractivity contribution in [3.05, 3.63) is 59.7 Å². The fourth-order valence-corrected chi connectivity index (χ4v) is 7.07. The van der Waals surface area contributed by atoms with Gasteiger partial charge in [0.2, 0.25) is 0 Å². The average molecular weight is 463 g/mol. The minimum Gasteiger partial charge on any atom is -0.508 e. The molecule has 2 aromatic carbocycles. The van der Waals surface area contributed by atoms with E-state index in [-0.39, 0.29) is 5.41 Å². The molecule has 4 rings (SSSR count). The number of unbranched alkanes of at least 4 members (excludes halogenated alkanes) is 5. The number of aromatic hydroxyl groups is 2. The normalized spacial score (nSPS) is 23.1. The second-order valence-corrected chi connectivity index (χ2v) is 11.4. The Kier molecular flexibility index (Phi) is 8.98. The maximum absolute atomic E-state index is 9.85. The second kappa shape index (κ2) is 12.1. The number of phenols is 2. The van der Waals surface area contributed by atoms with Gasteiger partial charge in [0, 0.05) is 5.41 Å². The van der Waals surface area contributed by atoms with Gasteiger partial charge in [0.15, 0.2) is 0 Å². The van der Waals surface area contributed by atoms with Crippen molar-refractivity contribution in [2.24, 2.45) is 17.8 Å². The SMILES string of the molecule is CCCCCCCC[C@H]1CC[C@H](C2CCC(c3ccc(O)cc3)(c3ccc(O)cc3)CC2)CC1. The van der Waals surface area contributed by atoms with E-state index >= 15 is 0 Å². The van der Waals surface area contributed by atoms with Crippen molar-refractivity contribution in [1.29, 1.82) is 0 Å². The van der Waals surface area contributed by atoms with E-state index in [1.807, 2.05) is 24.3 Å². The first kappa shape index (κ1) is 25.1. The van der Waals surface area contributed by atoms with E-state index in [9.17, 15) is 10.2 Å². The fourth-order valence-electron chi connectivity index (χ4n) is 7.07. The van der Waals surface area contributed by atoms with Gasteiger partial charge in [-0.25, -0.2) is 0 Å². The summed E-state index contributed by atoms with van der Waals surface area (Å²) >= 11 is 0. The smallest absolute Gasteiger partial charge is 0.115 e. The van der Waals surface area contributed by atoms with Gasteiger partial charge in [-0.15, -0.1) is 0 Å². The molecule has 2 aliphatic carbocycles. The lowest BCUT2D eigenvalue weighted by Crippen LogP contribution is -2.35. The summed E-state index contributed by atoms with van der Waals surface area (Å²) < 4.78 is 0. The third kappa shape index (κ3) is 6.18. The minimum atomic E-state index is -0.00707. The van der Waals surface area contributed by atoms with Crippen LogP contribution in [0, 0.1) is 17.8 Å². The van der Waals surface area contributed by atoms with Gasteiger partial charge in [-0.3, -0.25) is 0 Å². The van der Waals surface area contributed by atoms with Gasteiger partial charge in [-0.1, -0.05) is 89.0 Å². The van der Waals surface area contributed by atoms with Crippen LogP contribution < -0.4 is 0 Å². The van der Waals surface area contributed by atoms with Crippen LogP contribution in [0.5, 0.6) is 11.5 Å². The summed E-state index contributed by atoms with van der Waals surface area (Å²) in [6.07, 6.45) is 20.7. The zero-order chi connectivity index (χ0) is 23.8. The Hall–Kier alpha value is -1.96. The molecule has 0 unspecified atom stereocenters. The molecular weight excluding hydrogens is 416 g/mol. The molecule has 0 radical (unpaired) electrons. The first-order chi connectivity index (χ1) is 16.6. The molecule has 186 valence electrons. The maximum atomic E-state index is 9.85. The zero-order valence-corrected chi connectivity index (χ0v) is 21.4. The minimum absolute atomic E-state index is 0.00707. The number of rotatable bonds is 10. The third-order valence-electron chi connectivity index (χ3n) is 9.25. The highest BCUT2D eigenvalue weighted by Crippen LogP contribution is 2.50. The van der Waals surface area contributed by atoms with Gasteiger partial charge in [-0.05, 0) is 91.7 Å². The Bertz CT molecular complexity index is 790. The molecule has 0 amide bonds. The highest BCUT2D eigenvalue weighted by Gasteiger charge is 2.40. The van der Waals surface area contributed by atoms with E-state index in [1.165, 1.54) is 94.6 Å². The third-order valence-corrected chi connectivity index (χ3v) is 9.25. The molecule has 2 aromatic rings. The monoisotopic (exact) mass is 462 g/mol. The van der Waals surface area contributed by atoms with E-state index in [0.717, 1.165) is 30.6 Å². The topological polar surface area (TPSA) is 40.5 Å². The van der Waals surface area contributed by atoms with Gasteiger partial charge in [-0.2, -0.15) is 0 Å². The Labute approximate surface area is 207 Å². The van der Waals surface area contributed by atoms with Crippen molar-refractivity contribution in [1.82, 2.24) is 0 Å². The summed E-state index contributed by atoms with van der Waals surface area (Å²) in [6, 6.07) is 15.7. The molecule has 2 aliphatic rings. The number of phenolic OH excluding ortho intramolecular Hbond substituents is 2. The van der Waals surface area contributed by atoms with Crippen LogP contribution in [0.15, 0.2) is 48.5 Å². The molecule has 2 N–H and O–H groups in total. The molecule has 0 atom stereocenters. The van der Waals surface area contributed by atoms with Crippen LogP contribution in [0.1, 0.15) is 114 Å². The van der Waals surface area contributed by atoms with Gasteiger partial charge in [0.25, 0.3) is 0 Å². The summed E-state index contributed by atoms with van der Waals surface area (Å²) in [4.78, 5) is 0. The lowest BCUT2D eigenvalue weighted by molar-refractivity contribution is 0.140. The zero-order valence-electron chi connectivity index (χ0n) is 21.4. The van der Waals surface area contributed by atoms with E-state index in [0.29, 0.717) is 11.5 Å². The van der Waals surface area contributed by atoms with Crippen LogP contribution >= 0.6 is 0 Å².